The summed E-state index contributed by atoms with van der Waals surface area (Å²) in [5.41, 5.74) is 0. The van der Waals surface area contributed by atoms with Crippen LogP contribution >= 0.6 is 12.0 Å². The van der Waals surface area contributed by atoms with Gasteiger partial charge in [-0.05, 0) is 0 Å². The first-order chi connectivity index (χ1) is 3.00. The van der Waals surface area contributed by atoms with Crippen LogP contribution in [0.5, 0.6) is 0 Å². The van der Waals surface area contributed by atoms with Gasteiger partial charge in [0.1, 0.15) is 0 Å². The molecule has 6 heavy (non-hydrogen) atoms. The number of rotatable bonds is 0. The van der Waals surface area contributed by atoms with E-state index in [4.69, 9.17) is 4.18 Å². The fraction of sp³-hybridized carbons (Fsp3) is 1.00. The second-order valence-electron chi connectivity index (χ2n) is 1.08. The van der Waals surface area contributed by atoms with Crippen LogP contribution in [-0.2, 0) is 4.18 Å². The lowest BCUT2D eigenvalue weighted by molar-refractivity contribution is 0.352. The summed E-state index contributed by atoms with van der Waals surface area (Å²) in [6.07, 6.45) is 0. The van der Waals surface area contributed by atoms with Crippen molar-refractivity contribution in [2.75, 3.05) is 19.0 Å². The van der Waals surface area contributed by atoms with Gasteiger partial charge in [0, 0.05) is 18.6 Å². The van der Waals surface area contributed by atoms with Gasteiger partial charge in [-0.2, -0.15) is 0 Å². The van der Waals surface area contributed by atoms with Crippen molar-refractivity contribution < 1.29 is 4.18 Å². The maximum atomic E-state index is 4.92. The van der Waals surface area contributed by atoms with Gasteiger partial charge in [0.15, 0.2) is 0 Å². The lowest BCUT2D eigenvalue weighted by atomic mass is 10.7. The molecule has 2 nitrogen and oxygen atoms in total. The van der Waals surface area contributed by atoms with Crippen LogP contribution in [-0.4, -0.2) is 19.0 Å². The van der Waals surface area contributed by atoms with Gasteiger partial charge in [-0.15, -0.1) is 0 Å². The molecule has 0 spiro atoms. The highest BCUT2D eigenvalue weighted by Crippen LogP contribution is 2.01. The first kappa shape index (κ1) is 4.43. The van der Waals surface area contributed by atoms with E-state index in [-0.39, 0.29) is 0 Å². The molecule has 0 aromatic rings. The first-order valence-corrected chi connectivity index (χ1v) is 2.86. The van der Waals surface area contributed by atoms with Crippen LogP contribution in [0.1, 0.15) is 0 Å². The Balaban J connectivity index is 2.00. The van der Waals surface area contributed by atoms with E-state index in [1.165, 1.54) is 12.0 Å². The predicted molar refractivity (Wildman–Crippen MR) is 26.4 cm³/mol. The molecule has 0 bridgehead atoms. The summed E-state index contributed by atoms with van der Waals surface area (Å²) in [6, 6.07) is 0. The van der Waals surface area contributed by atoms with Crippen molar-refractivity contribution in [2.45, 2.75) is 0 Å². The van der Waals surface area contributed by atoms with Gasteiger partial charge in [-0.25, -0.2) is 0 Å². The summed E-state index contributed by atoms with van der Waals surface area (Å²) in [4.78, 5) is 0. The molecule has 0 aliphatic carbocycles. The Morgan fingerprint density at radius 3 is 2.83 bits per heavy atom. The third-order valence-corrected chi connectivity index (χ3v) is 1.26. The van der Waals surface area contributed by atoms with E-state index in [1.807, 2.05) is 0 Å². The van der Waals surface area contributed by atoms with Gasteiger partial charge in [-0.3, -0.25) is 0 Å². The molecule has 1 N–H and O–H groups in total. The minimum absolute atomic E-state index is 0.852. The summed E-state index contributed by atoms with van der Waals surface area (Å²) < 4.78 is 4.92. The minimum Gasteiger partial charge on any atom is -0.313 e. The SMILES string of the molecule is C1COSCN1. The second kappa shape index (κ2) is 2.44. The van der Waals surface area contributed by atoms with Crippen molar-refractivity contribution in [1.29, 1.82) is 0 Å². The number of nitrogens with one attached hydrogen (secondary N) is 1. The van der Waals surface area contributed by atoms with E-state index in [9.17, 15) is 0 Å². The van der Waals surface area contributed by atoms with Crippen LogP contribution < -0.4 is 5.32 Å². The molecule has 1 aliphatic rings. The Labute approximate surface area is 41.5 Å². The number of hydrogen-bond donors (Lipinski definition) is 1. The molecule has 0 aromatic carbocycles. The smallest absolute Gasteiger partial charge is 0.0739 e. The van der Waals surface area contributed by atoms with Gasteiger partial charge in [0.25, 0.3) is 0 Å². The van der Waals surface area contributed by atoms with Crippen molar-refractivity contribution in [3.63, 3.8) is 0 Å². The zero-order valence-corrected chi connectivity index (χ0v) is 4.25. The highest BCUT2D eigenvalue weighted by Gasteiger charge is 1.94. The standard InChI is InChI=1S/C3H7NOS/c1-2-5-6-3-4-1/h4H,1-3H2. The molecule has 0 radical (unpaired) electrons. The molecule has 1 rings (SSSR count). The molecule has 0 aromatic heterocycles. The van der Waals surface area contributed by atoms with Gasteiger partial charge < -0.3 is 9.50 Å². The molecule has 1 aliphatic heterocycles. The van der Waals surface area contributed by atoms with E-state index in [0.717, 1.165) is 19.0 Å². The molecule has 1 fully saturated rings. The van der Waals surface area contributed by atoms with Gasteiger partial charge in [0.05, 0.1) is 12.5 Å². The summed E-state index contributed by atoms with van der Waals surface area (Å²) in [5, 5.41) is 3.12. The van der Waals surface area contributed by atoms with Gasteiger partial charge in [-0.1, -0.05) is 0 Å². The zero-order valence-electron chi connectivity index (χ0n) is 3.44. The molecule has 1 heterocycles. The Hall–Kier alpha value is 0.270. The van der Waals surface area contributed by atoms with Crippen LogP contribution in [0, 0.1) is 0 Å². The average Bonchev–Trinajstić information content (AvgIpc) is 1.72. The van der Waals surface area contributed by atoms with Crippen LogP contribution in [0.3, 0.4) is 0 Å². The molecule has 1 saturated heterocycles. The fourth-order valence-corrected chi connectivity index (χ4v) is 0.840. The van der Waals surface area contributed by atoms with Crippen molar-refractivity contribution in [3.05, 3.63) is 0 Å². The Kier molecular flexibility index (Phi) is 1.80. The quantitative estimate of drug-likeness (QED) is 0.445. The normalized spacial score (nSPS) is 24.0. The fourth-order valence-electron chi connectivity index (χ4n) is 0.328. The average molecular weight is 105 g/mol. The molecular formula is C3H7NOS. The predicted octanol–water partition coefficient (Wildman–Crippen LogP) is 0.212. The summed E-state index contributed by atoms with van der Waals surface area (Å²) >= 11 is 1.48. The minimum atomic E-state index is 0.852. The van der Waals surface area contributed by atoms with E-state index >= 15 is 0 Å². The van der Waals surface area contributed by atoms with E-state index in [2.05, 4.69) is 5.32 Å². The maximum Gasteiger partial charge on any atom is 0.0739 e. The van der Waals surface area contributed by atoms with Gasteiger partial charge >= 0.3 is 0 Å². The van der Waals surface area contributed by atoms with Crippen molar-refractivity contribution in [2.24, 2.45) is 0 Å². The van der Waals surface area contributed by atoms with Crippen LogP contribution in [0.2, 0.25) is 0 Å². The van der Waals surface area contributed by atoms with Crippen LogP contribution in [0.15, 0.2) is 0 Å². The lowest BCUT2D eigenvalue weighted by Gasteiger charge is -2.08. The Bertz CT molecular complexity index is 26.3. The summed E-state index contributed by atoms with van der Waals surface area (Å²) in [7, 11) is 0. The lowest BCUT2D eigenvalue weighted by Crippen LogP contribution is -2.22. The maximum absolute atomic E-state index is 4.92. The molecule has 36 valence electrons. The van der Waals surface area contributed by atoms with Crippen molar-refractivity contribution in [1.82, 2.24) is 5.32 Å². The first-order valence-electron chi connectivity index (χ1n) is 1.95. The van der Waals surface area contributed by atoms with Crippen molar-refractivity contribution >= 4 is 12.0 Å². The Morgan fingerprint density at radius 1 is 1.67 bits per heavy atom. The third kappa shape index (κ3) is 1.16. The third-order valence-electron chi connectivity index (χ3n) is 0.606. The van der Waals surface area contributed by atoms with Crippen LogP contribution in [0.4, 0.5) is 0 Å². The molecule has 0 unspecified atom stereocenters. The Morgan fingerprint density at radius 2 is 2.67 bits per heavy atom. The molecular weight excluding hydrogens is 98.1 g/mol. The molecule has 3 heteroatoms. The topological polar surface area (TPSA) is 21.3 Å². The van der Waals surface area contributed by atoms with E-state index in [0.29, 0.717) is 0 Å². The zero-order chi connectivity index (χ0) is 4.24. The summed E-state index contributed by atoms with van der Waals surface area (Å²) in [5.74, 6) is 0.944. The van der Waals surface area contributed by atoms with Gasteiger partial charge in [0.2, 0.25) is 0 Å². The summed E-state index contributed by atoms with van der Waals surface area (Å²) in [6.45, 7) is 1.86. The van der Waals surface area contributed by atoms with E-state index in [1.54, 1.807) is 0 Å². The molecule has 0 saturated carbocycles. The molecule has 0 atom stereocenters. The largest absolute Gasteiger partial charge is 0.313 e. The van der Waals surface area contributed by atoms with Crippen LogP contribution in [0.25, 0.3) is 0 Å². The molecule has 0 amide bonds. The van der Waals surface area contributed by atoms with E-state index < -0.39 is 0 Å². The monoisotopic (exact) mass is 105 g/mol. The highest BCUT2D eigenvalue weighted by molar-refractivity contribution is 7.94. The second-order valence-corrected chi connectivity index (χ2v) is 1.84. The highest BCUT2D eigenvalue weighted by atomic mass is 32.2. The number of hydrogen-bond acceptors (Lipinski definition) is 3. The van der Waals surface area contributed by atoms with Crippen molar-refractivity contribution in [3.8, 4) is 0 Å².